The lowest BCUT2D eigenvalue weighted by atomic mass is 10.0. The van der Waals surface area contributed by atoms with E-state index < -0.39 is 6.10 Å². The van der Waals surface area contributed by atoms with Crippen LogP contribution in [-0.4, -0.2) is 24.8 Å². The van der Waals surface area contributed by atoms with Crippen LogP contribution >= 0.6 is 0 Å². The van der Waals surface area contributed by atoms with Crippen LogP contribution in [0.15, 0.2) is 48.5 Å². The summed E-state index contributed by atoms with van der Waals surface area (Å²) in [4.78, 5) is 0. The number of hydrogen-bond donors (Lipinski definition) is 2. The van der Waals surface area contributed by atoms with E-state index >= 15 is 0 Å². The maximum absolute atomic E-state index is 10.3. The van der Waals surface area contributed by atoms with Crippen LogP contribution in [0, 0.1) is 6.92 Å². The summed E-state index contributed by atoms with van der Waals surface area (Å²) in [7, 11) is 1.63. The molecule has 0 aliphatic carbocycles. The van der Waals surface area contributed by atoms with Gasteiger partial charge in [0.15, 0.2) is 0 Å². The van der Waals surface area contributed by atoms with Crippen molar-refractivity contribution in [2.75, 3.05) is 13.7 Å². The minimum Gasteiger partial charge on any atom is -0.497 e. The fourth-order valence-electron chi connectivity index (χ4n) is 2.52. The summed E-state index contributed by atoms with van der Waals surface area (Å²) >= 11 is 0. The van der Waals surface area contributed by atoms with E-state index in [2.05, 4.69) is 43.4 Å². The van der Waals surface area contributed by atoms with Crippen molar-refractivity contribution in [1.82, 2.24) is 5.32 Å². The van der Waals surface area contributed by atoms with Crippen LogP contribution in [0.5, 0.6) is 5.75 Å². The van der Waals surface area contributed by atoms with Crippen LogP contribution in [0.2, 0.25) is 0 Å². The first kappa shape index (κ1) is 16.5. The van der Waals surface area contributed by atoms with Crippen LogP contribution < -0.4 is 10.1 Å². The molecule has 22 heavy (non-hydrogen) atoms. The molecule has 0 radical (unpaired) electrons. The van der Waals surface area contributed by atoms with Crippen molar-refractivity contribution in [2.24, 2.45) is 0 Å². The van der Waals surface area contributed by atoms with Gasteiger partial charge in [0.05, 0.1) is 13.2 Å². The molecule has 0 aliphatic rings. The molecule has 3 nitrogen and oxygen atoms in total. The zero-order chi connectivity index (χ0) is 15.9. The Morgan fingerprint density at radius 1 is 1.14 bits per heavy atom. The van der Waals surface area contributed by atoms with Gasteiger partial charge in [-0.25, -0.2) is 0 Å². The molecule has 0 fully saturated rings. The molecule has 0 aromatic heterocycles. The lowest BCUT2D eigenvalue weighted by molar-refractivity contribution is 0.170. The van der Waals surface area contributed by atoms with E-state index in [1.54, 1.807) is 7.11 Å². The van der Waals surface area contributed by atoms with Crippen LogP contribution in [0.25, 0.3) is 0 Å². The molecule has 0 saturated heterocycles. The normalized spacial score (nSPS) is 13.6. The number of ether oxygens (including phenoxy) is 1. The monoisotopic (exact) mass is 299 g/mol. The Labute approximate surface area is 133 Å². The van der Waals surface area contributed by atoms with E-state index in [1.807, 2.05) is 24.3 Å². The Morgan fingerprint density at radius 2 is 1.91 bits per heavy atom. The second-order valence-electron chi connectivity index (χ2n) is 5.73. The molecule has 2 aromatic carbocycles. The van der Waals surface area contributed by atoms with E-state index in [0.717, 1.165) is 17.7 Å². The summed E-state index contributed by atoms with van der Waals surface area (Å²) in [6.45, 7) is 4.80. The van der Waals surface area contributed by atoms with E-state index in [0.29, 0.717) is 12.6 Å². The van der Waals surface area contributed by atoms with Gasteiger partial charge in [0.1, 0.15) is 5.75 Å². The number of hydrogen-bond acceptors (Lipinski definition) is 3. The summed E-state index contributed by atoms with van der Waals surface area (Å²) in [5.74, 6) is 0.768. The number of nitrogens with one attached hydrogen (secondary N) is 1. The molecule has 0 bridgehead atoms. The predicted octanol–water partition coefficient (Wildman–Crippen LogP) is 3.26. The molecule has 0 amide bonds. The summed E-state index contributed by atoms with van der Waals surface area (Å²) < 4.78 is 5.19. The van der Waals surface area contributed by atoms with Gasteiger partial charge in [-0.05, 0) is 49.1 Å². The Bertz CT molecular complexity index is 597. The highest BCUT2D eigenvalue weighted by Crippen LogP contribution is 2.18. The average Bonchev–Trinajstić information content (AvgIpc) is 2.55. The molecule has 0 heterocycles. The largest absolute Gasteiger partial charge is 0.497 e. The fourth-order valence-corrected chi connectivity index (χ4v) is 2.52. The standard InChI is InChI=1S/C19H25NO2/c1-14-7-4-5-8-16(14)11-15(2)20-13-19(21)17-9-6-10-18(12-17)22-3/h4-10,12,15,19-21H,11,13H2,1-3H3. The highest BCUT2D eigenvalue weighted by molar-refractivity contribution is 5.30. The van der Waals surface area contributed by atoms with E-state index in [9.17, 15) is 5.11 Å². The van der Waals surface area contributed by atoms with Gasteiger partial charge < -0.3 is 15.2 Å². The summed E-state index contributed by atoms with van der Waals surface area (Å²) in [5, 5.41) is 13.7. The van der Waals surface area contributed by atoms with Crippen LogP contribution in [-0.2, 0) is 6.42 Å². The average molecular weight is 299 g/mol. The number of aliphatic hydroxyl groups is 1. The Hall–Kier alpha value is -1.84. The maximum atomic E-state index is 10.3. The van der Waals surface area contributed by atoms with Gasteiger partial charge in [-0.2, -0.15) is 0 Å². The van der Waals surface area contributed by atoms with Crippen LogP contribution in [0.4, 0.5) is 0 Å². The van der Waals surface area contributed by atoms with Gasteiger partial charge in [0, 0.05) is 12.6 Å². The molecule has 2 unspecified atom stereocenters. The second kappa shape index (κ2) is 7.97. The van der Waals surface area contributed by atoms with Gasteiger partial charge in [0.25, 0.3) is 0 Å². The van der Waals surface area contributed by atoms with Crippen molar-refractivity contribution in [1.29, 1.82) is 0 Å². The van der Waals surface area contributed by atoms with Crippen molar-refractivity contribution >= 4 is 0 Å². The van der Waals surface area contributed by atoms with E-state index in [1.165, 1.54) is 11.1 Å². The number of rotatable bonds is 7. The Morgan fingerprint density at radius 3 is 2.64 bits per heavy atom. The quantitative estimate of drug-likeness (QED) is 0.824. The number of benzene rings is 2. The van der Waals surface area contributed by atoms with Gasteiger partial charge in [-0.15, -0.1) is 0 Å². The third-order valence-electron chi connectivity index (χ3n) is 3.93. The Kier molecular flexibility index (Phi) is 5.99. The predicted molar refractivity (Wildman–Crippen MR) is 90.3 cm³/mol. The Balaban J connectivity index is 1.87. The van der Waals surface area contributed by atoms with E-state index in [-0.39, 0.29) is 0 Å². The first-order chi connectivity index (χ1) is 10.6. The zero-order valence-corrected chi connectivity index (χ0v) is 13.5. The first-order valence-corrected chi connectivity index (χ1v) is 7.70. The third-order valence-corrected chi connectivity index (χ3v) is 3.93. The minimum absolute atomic E-state index is 0.307. The van der Waals surface area contributed by atoms with Crippen molar-refractivity contribution in [3.63, 3.8) is 0 Å². The van der Waals surface area contributed by atoms with Crippen molar-refractivity contribution < 1.29 is 9.84 Å². The van der Waals surface area contributed by atoms with E-state index in [4.69, 9.17) is 4.74 Å². The topological polar surface area (TPSA) is 41.5 Å². The molecule has 3 heteroatoms. The van der Waals surface area contributed by atoms with Crippen molar-refractivity contribution in [3.05, 3.63) is 65.2 Å². The first-order valence-electron chi connectivity index (χ1n) is 7.70. The summed E-state index contributed by atoms with van der Waals surface area (Å²) in [5.41, 5.74) is 3.53. The third kappa shape index (κ3) is 4.58. The number of methoxy groups -OCH3 is 1. The fraction of sp³-hybridized carbons (Fsp3) is 0.368. The molecule has 0 saturated carbocycles. The zero-order valence-electron chi connectivity index (χ0n) is 13.5. The molecular weight excluding hydrogens is 274 g/mol. The summed E-state index contributed by atoms with van der Waals surface area (Å²) in [6.07, 6.45) is 0.423. The van der Waals surface area contributed by atoms with Crippen molar-refractivity contribution in [3.8, 4) is 5.75 Å². The minimum atomic E-state index is -0.533. The molecule has 2 N–H and O–H groups in total. The smallest absolute Gasteiger partial charge is 0.119 e. The molecular formula is C19H25NO2. The second-order valence-corrected chi connectivity index (χ2v) is 5.73. The number of aliphatic hydroxyl groups excluding tert-OH is 1. The molecule has 2 aromatic rings. The molecule has 2 atom stereocenters. The van der Waals surface area contributed by atoms with Crippen LogP contribution in [0.1, 0.15) is 29.7 Å². The molecule has 0 spiro atoms. The highest BCUT2D eigenvalue weighted by Gasteiger charge is 2.11. The number of aryl methyl sites for hydroxylation is 1. The summed E-state index contributed by atoms with van der Waals surface area (Å²) in [6, 6.07) is 16.3. The molecule has 118 valence electrons. The van der Waals surface area contributed by atoms with Gasteiger partial charge in [-0.3, -0.25) is 0 Å². The van der Waals surface area contributed by atoms with Gasteiger partial charge in [-0.1, -0.05) is 36.4 Å². The van der Waals surface area contributed by atoms with Crippen LogP contribution in [0.3, 0.4) is 0 Å². The van der Waals surface area contributed by atoms with Gasteiger partial charge in [0.2, 0.25) is 0 Å². The SMILES string of the molecule is COc1cccc(C(O)CNC(C)Cc2ccccc2C)c1. The highest BCUT2D eigenvalue weighted by atomic mass is 16.5. The molecule has 0 aliphatic heterocycles. The van der Waals surface area contributed by atoms with Crippen molar-refractivity contribution in [2.45, 2.75) is 32.4 Å². The lowest BCUT2D eigenvalue weighted by Gasteiger charge is -2.18. The lowest BCUT2D eigenvalue weighted by Crippen LogP contribution is -2.32. The van der Waals surface area contributed by atoms with Gasteiger partial charge >= 0.3 is 0 Å². The maximum Gasteiger partial charge on any atom is 0.119 e. The molecule has 2 rings (SSSR count).